The van der Waals surface area contributed by atoms with Gasteiger partial charge in [0.15, 0.2) is 0 Å². The fourth-order valence-electron chi connectivity index (χ4n) is 3.47. The molecule has 96 valence electrons. The molecule has 1 aromatic heterocycles. The van der Waals surface area contributed by atoms with Gasteiger partial charge in [-0.25, -0.2) is 0 Å². The van der Waals surface area contributed by atoms with Crippen molar-refractivity contribution in [2.45, 2.75) is 31.1 Å². The van der Waals surface area contributed by atoms with Crippen molar-refractivity contribution in [3.05, 3.63) is 34.4 Å². The van der Waals surface area contributed by atoms with E-state index in [0.29, 0.717) is 0 Å². The monoisotopic (exact) mass is 306 g/mol. The number of nitrogens with two attached hydrogens (primary N) is 1. The van der Waals surface area contributed by atoms with E-state index in [2.05, 4.69) is 51.9 Å². The average Bonchev–Trinajstić information content (AvgIpc) is 2.97. The Hall–Kier alpha value is -0.800. The average molecular weight is 307 g/mol. The number of halogens is 1. The largest absolute Gasteiger partial charge is 0.349 e. The molecule has 2 N–H and O–H groups in total. The Morgan fingerprint density at radius 2 is 2.06 bits per heavy atom. The van der Waals surface area contributed by atoms with Crippen LogP contribution in [0, 0.1) is 0 Å². The Morgan fingerprint density at radius 3 is 2.72 bits per heavy atom. The van der Waals surface area contributed by atoms with Gasteiger partial charge in [-0.15, -0.1) is 0 Å². The molecule has 2 nitrogen and oxygen atoms in total. The lowest BCUT2D eigenvalue weighted by atomic mass is 9.77. The molecular weight excluding hydrogens is 288 g/mol. The lowest BCUT2D eigenvalue weighted by Gasteiger charge is -2.29. The van der Waals surface area contributed by atoms with Crippen LogP contribution >= 0.6 is 15.9 Å². The molecule has 0 atom stereocenters. The Bertz CT molecular complexity index is 579. The summed E-state index contributed by atoms with van der Waals surface area (Å²) in [6, 6.07) is 6.62. The summed E-state index contributed by atoms with van der Waals surface area (Å²) in [7, 11) is 2.10. The molecule has 0 aliphatic heterocycles. The number of aryl methyl sites for hydroxylation is 1. The number of fused-ring (bicyclic) bond motifs is 1. The maximum Gasteiger partial charge on any atom is 0.0492 e. The fraction of sp³-hybridized carbons (Fsp3) is 0.467. The number of aromatic nitrogens is 1. The predicted octanol–water partition coefficient (Wildman–Crippen LogP) is 3.71. The molecule has 0 radical (unpaired) electrons. The van der Waals surface area contributed by atoms with Gasteiger partial charge in [0.2, 0.25) is 0 Å². The summed E-state index contributed by atoms with van der Waals surface area (Å²) in [5, 5.41) is 1.35. The van der Waals surface area contributed by atoms with E-state index in [9.17, 15) is 0 Å². The lowest BCUT2D eigenvalue weighted by Crippen LogP contribution is -2.32. The Balaban J connectivity index is 2.28. The third kappa shape index (κ3) is 1.64. The van der Waals surface area contributed by atoms with Crippen LogP contribution in [0.4, 0.5) is 0 Å². The van der Waals surface area contributed by atoms with Crippen LogP contribution < -0.4 is 5.73 Å². The summed E-state index contributed by atoms with van der Waals surface area (Å²) in [5.41, 5.74) is 9.05. The number of rotatable bonds is 2. The number of benzene rings is 1. The molecule has 3 rings (SSSR count). The van der Waals surface area contributed by atoms with Crippen LogP contribution in [0.1, 0.15) is 31.2 Å². The van der Waals surface area contributed by atoms with Gasteiger partial charge in [0, 0.05) is 40.6 Å². The first kappa shape index (κ1) is 12.2. The molecule has 1 aliphatic rings. The van der Waals surface area contributed by atoms with Crippen LogP contribution in [0.5, 0.6) is 0 Å². The van der Waals surface area contributed by atoms with E-state index in [1.807, 2.05) is 0 Å². The summed E-state index contributed by atoms with van der Waals surface area (Å²) in [5.74, 6) is 0. The number of hydrogen-bond donors (Lipinski definition) is 1. The van der Waals surface area contributed by atoms with E-state index in [1.165, 1.54) is 46.6 Å². The normalized spacial score (nSPS) is 18.6. The summed E-state index contributed by atoms with van der Waals surface area (Å²) < 4.78 is 3.37. The van der Waals surface area contributed by atoms with E-state index >= 15 is 0 Å². The smallest absolute Gasteiger partial charge is 0.0492 e. The minimum Gasteiger partial charge on any atom is -0.349 e. The predicted molar refractivity (Wildman–Crippen MR) is 79.8 cm³/mol. The standard InChI is InChI=1S/C15H19BrN2/c1-18-9-12(16)14-11(5-4-6-13(14)18)15(10-17)7-2-3-8-15/h4-6,9H,2-3,7-8,10,17H2,1H3. The molecule has 3 heteroatoms. The van der Waals surface area contributed by atoms with Crippen molar-refractivity contribution in [2.24, 2.45) is 12.8 Å². The van der Waals surface area contributed by atoms with E-state index in [0.717, 1.165) is 6.54 Å². The third-order valence-electron chi connectivity index (χ3n) is 4.49. The zero-order chi connectivity index (χ0) is 12.8. The zero-order valence-corrected chi connectivity index (χ0v) is 12.3. The van der Waals surface area contributed by atoms with Crippen molar-refractivity contribution in [3.63, 3.8) is 0 Å². The molecular formula is C15H19BrN2. The molecule has 1 aliphatic carbocycles. The van der Waals surface area contributed by atoms with Gasteiger partial charge in [0.05, 0.1) is 0 Å². The maximum absolute atomic E-state index is 6.13. The Morgan fingerprint density at radius 1 is 1.33 bits per heavy atom. The van der Waals surface area contributed by atoms with Gasteiger partial charge in [0.25, 0.3) is 0 Å². The number of nitrogens with zero attached hydrogens (tertiary/aromatic N) is 1. The van der Waals surface area contributed by atoms with Crippen molar-refractivity contribution in [1.82, 2.24) is 4.57 Å². The first-order chi connectivity index (χ1) is 8.68. The van der Waals surface area contributed by atoms with Crippen molar-refractivity contribution in [3.8, 4) is 0 Å². The Kier molecular flexibility index (Phi) is 2.99. The quantitative estimate of drug-likeness (QED) is 0.901. The molecule has 1 heterocycles. The highest BCUT2D eigenvalue weighted by molar-refractivity contribution is 9.10. The van der Waals surface area contributed by atoms with E-state index in [-0.39, 0.29) is 5.41 Å². The summed E-state index contributed by atoms with van der Waals surface area (Å²) in [6.07, 6.45) is 7.21. The fourth-order valence-corrected chi connectivity index (χ4v) is 4.19. The summed E-state index contributed by atoms with van der Waals surface area (Å²) in [6.45, 7) is 0.757. The van der Waals surface area contributed by atoms with Crippen molar-refractivity contribution in [1.29, 1.82) is 0 Å². The third-order valence-corrected chi connectivity index (χ3v) is 5.09. The molecule has 0 saturated heterocycles. The van der Waals surface area contributed by atoms with Crippen LogP contribution in [0.2, 0.25) is 0 Å². The van der Waals surface area contributed by atoms with E-state index in [1.54, 1.807) is 0 Å². The van der Waals surface area contributed by atoms with E-state index in [4.69, 9.17) is 5.73 Å². The summed E-state index contributed by atoms with van der Waals surface area (Å²) in [4.78, 5) is 0. The lowest BCUT2D eigenvalue weighted by molar-refractivity contribution is 0.457. The topological polar surface area (TPSA) is 30.9 Å². The van der Waals surface area contributed by atoms with Crippen LogP contribution in [0.15, 0.2) is 28.9 Å². The molecule has 1 fully saturated rings. The summed E-state index contributed by atoms with van der Waals surface area (Å²) >= 11 is 3.71. The van der Waals surface area contributed by atoms with Gasteiger partial charge < -0.3 is 10.3 Å². The molecule has 0 spiro atoms. The molecule has 2 aromatic rings. The Labute approximate surface area is 116 Å². The van der Waals surface area contributed by atoms with Crippen LogP contribution in [-0.2, 0) is 12.5 Å². The zero-order valence-electron chi connectivity index (χ0n) is 10.7. The second-order valence-corrected chi connectivity index (χ2v) is 6.33. The van der Waals surface area contributed by atoms with Crippen LogP contribution in [-0.4, -0.2) is 11.1 Å². The highest BCUT2D eigenvalue weighted by Gasteiger charge is 2.36. The van der Waals surface area contributed by atoms with Gasteiger partial charge in [-0.05, 0) is 40.4 Å². The van der Waals surface area contributed by atoms with Crippen LogP contribution in [0.3, 0.4) is 0 Å². The van der Waals surface area contributed by atoms with Gasteiger partial charge >= 0.3 is 0 Å². The van der Waals surface area contributed by atoms with Gasteiger partial charge in [0.1, 0.15) is 0 Å². The molecule has 1 saturated carbocycles. The minimum absolute atomic E-state index is 0.198. The van der Waals surface area contributed by atoms with Crippen molar-refractivity contribution in [2.75, 3.05) is 6.54 Å². The highest BCUT2D eigenvalue weighted by Crippen LogP contribution is 2.44. The van der Waals surface area contributed by atoms with E-state index < -0.39 is 0 Å². The first-order valence-corrected chi connectivity index (χ1v) is 7.41. The second kappa shape index (κ2) is 4.39. The molecule has 18 heavy (non-hydrogen) atoms. The molecule has 1 aromatic carbocycles. The maximum atomic E-state index is 6.13. The van der Waals surface area contributed by atoms with Gasteiger partial charge in [-0.1, -0.05) is 25.0 Å². The highest BCUT2D eigenvalue weighted by atomic mass is 79.9. The van der Waals surface area contributed by atoms with Crippen molar-refractivity contribution < 1.29 is 0 Å². The van der Waals surface area contributed by atoms with Gasteiger partial charge in [-0.2, -0.15) is 0 Å². The second-order valence-electron chi connectivity index (χ2n) is 5.48. The SMILES string of the molecule is Cn1cc(Br)c2c(C3(CN)CCCC3)cccc21. The minimum atomic E-state index is 0.198. The van der Waals surface area contributed by atoms with Gasteiger partial charge in [-0.3, -0.25) is 0 Å². The first-order valence-electron chi connectivity index (χ1n) is 6.62. The molecule has 0 unspecified atom stereocenters. The number of hydrogen-bond acceptors (Lipinski definition) is 1. The molecule has 0 bridgehead atoms. The van der Waals surface area contributed by atoms with Crippen LogP contribution in [0.25, 0.3) is 10.9 Å². The molecule has 0 amide bonds. The van der Waals surface area contributed by atoms with Crippen molar-refractivity contribution >= 4 is 26.8 Å².